The van der Waals surface area contributed by atoms with Gasteiger partial charge in [0.05, 0.1) is 17.5 Å². The van der Waals surface area contributed by atoms with E-state index in [4.69, 9.17) is 0 Å². The van der Waals surface area contributed by atoms with Crippen molar-refractivity contribution in [3.05, 3.63) is 52.1 Å². The van der Waals surface area contributed by atoms with E-state index in [0.717, 1.165) is 19.9 Å². The topological polar surface area (TPSA) is 131 Å². The van der Waals surface area contributed by atoms with Crippen molar-refractivity contribution in [2.75, 3.05) is 13.1 Å². The second-order valence-corrected chi connectivity index (χ2v) is 13.6. The molecule has 0 aliphatic carbocycles. The Balaban J connectivity index is 1.36. The van der Waals surface area contributed by atoms with E-state index in [9.17, 15) is 28.0 Å². The number of likely N-dealkylation sites (tertiary alicyclic amines) is 1. The third kappa shape index (κ3) is 4.76. The summed E-state index contributed by atoms with van der Waals surface area (Å²) in [6, 6.07) is 3.89. The highest BCUT2D eigenvalue weighted by atomic mass is 32.2. The molecule has 3 atom stereocenters. The molecule has 196 valence electrons. The van der Waals surface area contributed by atoms with Crippen molar-refractivity contribution >= 4 is 59.7 Å². The van der Waals surface area contributed by atoms with Gasteiger partial charge >= 0.3 is 0 Å². The van der Waals surface area contributed by atoms with Crippen LogP contribution >= 0.6 is 22.7 Å². The normalized spacial score (nSPS) is 21.1. The first kappa shape index (κ1) is 25.8. The molecule has 1 N–H and O–H groups in total. The van der Waals surface area contributed by atoms with Crippen molar-refractivity contribution in [1.82, 2.24) is 14.5 Å². The average Bonchev–Trinajstić information content (AvgIpc) is 3.60. The highest BCUT2D eigenvalue weighted by Gasteiger charge is 2.54. The zero-order valence-corrected chi connectivity index (χ0v) is 22.6. The number of hydrogen-bond donors (Lipinski definition) is 1. The Kier molecular flexibility index (Phi) is 6.81. The molecule has 0 bridgehead atoms. The molecule has 2 fully saturated rings. The van der Waals surface area contributed by atoms with Gasteiger partial charge in [0.15, 0.2) is 18.2 Å². The number of Topliss-reactive ketones (excluding diaryl/α,β-unsaturated/α-hetero) is 1. The standard InChI is InChI=1S/C24H26N4O6S3/c1-14(2)10-16(25-23(30)21-11-20-19(36-21)6-9-35-20)24(31)27-8-5-17-22(27)18(29)13-28(17)37(33,34)15-4-3-7-26(32)12-15/h3-4,6-7,9,11-12,14,16-17,22H,5,8,10,13H2,1-2H3,(H,25,30). The molecule has 37 heavy (non-hydrogen) atoms. The zero-order chi connectivity index (χ0) is 26.5. The van der Waals surface area contributed by atoms with Gasteiger partial charge < -0.3 is 15.4 Å². The van der Waals surface area contributed by atoms with Crippen molar-refractivity contribution in [3.8, 4) is 0 Å². The Hall–Kier alpha value is -2.87. The predicted molar refractivity (Wildman–Crippen MR) is 139 cm³/mol. The highest BCUT2D eigenvalue weighted by Crippen LogP contribution is 2.35. The quantitative estimate of drug-likeness (QED) is 0.346. The molecule has 2 saturated heterocycles. The molecule has 13 heteroatoms. The number of nitrogens with zero attached hydrogens (tertiary/aromatic N) is 3. The van der Waals surface area contributed by atoms with E-state index in [0.29, 0.717) is 16.0 Å². The minimum Gasteiger partial charge on any atom is -0.619 e. The Labute approximate surface area is 222 Å². The van der Waals surface area contributed by atoms with Gasteiger partial charge in [0.25, 0.3) is 5.91 Å². The fourth-order valence-corrected chi connectivity index (χ4v) is 8.71. The Morgan fingerprint density at radius 3 is 2.76 bits per heavy atom. The molecule has 3 unspecified atom stereocenters. The van der Waals surface area contributed by atoms with E-state index in [-0.39, 0.29) is 42.0 Å². The first-order valence-corrected chi connectivity index (χ1v) is 15.0. The first-order chi connectivity index (χ1) is 17.6. The highest BCUT2D eigenvalue weighted by molar-refractivity contribution is 7.89. The van der Waals surface area contributed by atoms with Gasteiger partial charge in [-0.25, -0.2) is 8.42 Å². The molecule has 2 aliphatic rings. The van der Waals surface area contributed by atoms with Crippen LogP contribution in [0.4, 0.5) is 0 Å². The number of carbonyl (C=O) groups is 3. The lowest BCUT2D eigenvalue weighted by Gasteiger charge is -2.29. The van der Waals surface area contributed by atoms with Crippen LogP contribution in [0.5, 0.6) is 0 Å². The van der Waals surface area contributed by atoms with Crippen LogP contribution in [0.2, 0.25) is 0 Å². The van der Waals surface area contributed by atoms with Crippen molar-refractivity contribution in [2.45, 2.75) is 49.7 Å². The van der Waals surface area contributed by atoms with Gasteiger partial charge in [0, 0.05) is 22.0 Å². The summed E-state index contributed by atoms with van der Waals surface area (Å²) in [5.41, 5.74) is 0. The number of thiophene rings is 2. The molecule has 3 aromatic rings. The number of hydrogen-bond acceptors (Lipinski definition) is 8. The van der Waals surface area contributed by atoms with Crippen LogP contribution in [0.25, 0.3) is 9.40 Å². The van der Waals surface area contributed by atoms with Crippen LogP contribution in [-0.4, -0.2) is 66.4 Å². The maximum Gasteiger partial charge on any atom is 0.262 e. The molecule has 3 aromatic heterocycles. The van der Waals surface area contributed by atoms with Gasteiger partial charge in [0.2, 0.25) is 15.9 Å². The SMILES string of the molecule is CC(C)CC(NC(=O)c1cc2sccc2s1)C(=O)N1CCC2C1C(=O)CN2S(=O)(=O)c1ccc[n+]([O-])c1. The van der Waals surface area contributed by atoms with Crippen LogP contribution in [0.1, 0.15) is 36.4 Å². The number of nitrogens with one attached hydrogen (secondary N) is 1. The molecular formula is C24H26N4O6S3. The van der Waals surface area contributed by atoms with Gasteiger partial charge in [-0.15, -0.1) is 22.7 Å². The van der Waals surface area contributed by atoms with Gasteiger partial charge in [-0.1, -0.05) is 13.8 Å². The van der Waals surface area contributed by atoms with Crippen LogP contribution in [0.3, 0.4) is 0 Å². The van der Waals surface area contributed by atoms with E-state index in [2.05, 4.69) is 5.32 Å². The molecule has 0 aromatic carbocycles. The Morgan fingerprint density at radius 1 is 1.27 bits per heavy atom. The lowest BCUT2D eigenvalue weighted by molar-refractivity contribution is -0.607. The van der Waals surface area contributed by atoms with Gasteiger partial charge in [-0.3, -0.25) is 14.4 Å². The summed E-state index contributed by atoms with van der Waals surface area (Å²) in [7, 11) is -4.11. The lowest BCUT2D eigenvalue weighted by Crippen LogP contribution is -2.52. The minimum absolute atomic E-state index is 0.0903. The zero-order valence-electron chi connectivity index (χ0n) is 20.2. The number of rotatable bonds is 7. The maximum atomic E-state index is 13.7. The number of ketones is 1. The second kappa shape index (κ2) is 9.78. The van der Waals surface area contributed by atoms with Gasteiger partial charge in [0.1, 0.15) is 17.0 Å². The summed E-state index contributed by atoms with van der Waals surface area (Å²) >= 11 is 2.90. The molecule has 0 radical (unpaired) electrons. The predicted octanol–water partition coefficient (Wildman–Crippen LogP) is 1.98. The fraction of sp³-hybridized carbons (Fsp3) is 0.417. The van der Waals surface area contributed by atoms with Crippen molar-refractivity contribution in [2.24, 2.45) is 5.92 Å². The fourth-order valence-electron chi connectivity index (χ4n) is 5.06. The van der Waals surface area contributed by atoms with E-state index < -0.39 is 34.1 Å². The first-order valence-electron chi connectivity index (χ1n) is 11.9. The molecule has 10 nitrogen and oxygen atoms in total. The van der Waals surface area contributed by atoms with E-state index in [1.54, 1.807) is 6.07 Å². The lowest BCUT2D eigenvalue weighted by atomic mass is 10.0. The van der Waals surface area contributed by atoms with Crippen molar-refractivity contribution in [3.63, 3.8) is 0 Å². The van der Waals surface area contributed by atoms with Crippen molar-refractivity contribution < 1.29 is 27.5 Å². The molecule has 0 saturated carbocycles. The number of amides is 2. The van der Waals surface area contributed by atoms with Crippen LogP contribution in [-0.2, 0) is 19.6 Å². The third-order valence-corrected chi connectivity index (χ3v) is 10.6. The van der Waals surface area contributed by atoms with E-state index >= 15 is 0 Å². The number of carbonyl (C=O) groups excluding carboxylic acids is 3. The summed E-state index contributed by atoms with van der Waals surface area (Å²) in [5.74, 6) is -1.02. The van der Waals surface area contributed by atoms with Crippen LogP contribution in [0.15, 0.2) is 46.9 Å². The van der Waals surface area contributed by atoms with Gasteiger partial charge in [-0.05, 0) is 42.3 Å². The van der Waals surface area contributed by atoms with Crippen LogP contribution < -0.4 is 10.0 Å². The molecule has 2 amide bonds. The summed E-state index contributed by atoms with van der Waals surface area (Å²) in [5, 5.41) is 16.5. The molecule has 0 spiro atoms. The maximum absolute atomic E-state index is 13.7. The number of aromatic nitrogens is 1. The summed E-state index contributed by atoms with van der Waals surface area (Å²) in [4.78, 5) is 41.5. The second-order valence-electron chi connectivity index (χ2n) is 9.66. The summed E-state index contributed by atoms with van der Waals surface area (Å²) in [6.45, 7) is 3.71. The van der Waals surface area contributed by atoms with Crippen LogP contribution in [0, 0.1) is 11.1 Å². The summed E-state index contributed by atoms with van der Waals surface area (Å²) in [6.07, 6.45) is 2.79. The summed E-state index contributed by atoms with van der Waals surface area (Å²) < 4.78 is 30.0. The molecule has 5 rings (SSSR count). The minimum atomic E-state index is -4.11. The monoisotopic (exact) mass is 562 g/mol. The molecule has 2 aliphatic heterocycles. The van der Waals surface area contributed by atoms with Crippen molar-refractivity contribution in [1.29, 1.82) is 0 Å². The largest absolute Gasteiger partial charge is 0.619 e. The average molecular weight is 563 g/mol. The number of fused-ring (bicyclic) bond motifs is 2. The Morgan fingerprint density at radius 2 is 2.05 bits per heavy atom. The Bertz CT molecular complexity index is 1450. The molecular weight excluding hydrogens is 536 g/mol. The van der Waals surface area contributed by atoms with E-state index in [1.165, 1.54) is 45.9 Å². The third-order valence-electron chi connectivity index (χ3n) is 6.69. The van der Waals surface area contributed by atoms with Gasteiger partial charge in [-0.2, -0.15) is 9.04 Å². The van der Waals surface area contributed by atoms with E-state index in [1.807, 2.05) is 25.3 Å². The smallest absolute Gasteiger partial charge is 0.262 e. The molecule has 5 heterocycles. The number of sulfonamides is 1. The number of pyridine rings is 1.